The Hall–Kier alpha value is -1.91. The number of carbonyl (C=O) groups excluding carboxylic acids is 1. The van der Waals surface area contributed by atoms with Crippen LogP contribution in [-0.4, -0.2) is 67.3 Å². The number of hydrogen-bond donors (Lipinski definition) is 1. The van der Waals surface area contributed by atoms with E-state index in [0.717, 1.165) is 55.4 Å². The second-order valence-electron chi connectivity index (χ2n) is 8.51. The molecule has 4 rings (SSSR count). The Morgan fingerprint density at radius 1 is 1.15 bits per heavy atom. The number of hydrogen-bond acceptors (Lipinski definition) is 5. The number of anilines is 1. The van der Waals surface area contributed by atoms with Gasteiger partial charge in [0.15, 0.2) is 0 Å². The number of fused-ring (bicyclic) bond motifs is 1. The molecule has 0 spiro atoms. The molecule has 34 heavy (non-hydrogen) atoms. The van der Waals surface area contributed by atoms with E-state index in [9.17, 15) is 9.18 Å². The van der Waals surface area contributed by atoms with Gasteiger partial charge in [-0.3, -0.25) is 14.7 Å². The van der Waals surface area contributed by atoms with Crippen molar-refractivity contribution in [2.45, 2.75) is 23.8 Å². The van der Waals surface area contributed by atoms with Gasteiger partial charge in [0.2, 0.25) is 5.91 Å². The average molecular weight is 598 g/mol. The van der Waals surface area contributed by atoms with Crippen molar-refractivity contribution in [2.24, 2.45) is 5.10 Å². The molecular formula is C25H30ClFIN5O. The van der Waals surface area contributed by atoms with Crippen LogP contribution < -0.4 is 10.2 Å². The van der Waals surface area contributed by atoms with Crippen LogP contribution in [0, 0.1) is 5.82 Å². The van der Waals surface area contributed by atoms with Crippen LogP contribution in [-0.2, 0) is 4.79 Å². The van der Waals surface area contributed by atoms with Gasteiger partial charge in [-0.2, -0.15) is 5.10 Å². The van der Waals surface area contributed by atoms with E-state index >= 15 is 0 Å². The predicted molar refractivity (Wildman–Crippen MR) is 144 cm³/mol. The zero-order valence-corrected chi connectivity index (χ0v) is 22.2. The first-order valence-corrected chi connectivity index (χ1v) is 13.4. The first kappa shape index (κ1) is 25.2. The fourth-order valence-electron chi connectivity index (χ4n) is 4.52. The Morgan fingerprint density at radius 2 is 1.91 bits per heavy atom. The summed E-state index contributed by atoms with van der Waals surface area (Å²) in [5.74, 6) is -0.347. The summed E-state index contributed by atoms with van der Waals surface area (Å²) < 4.78 is 14.6. The van der Waals surface area contributed by atoms with E-state index in [1.54, 1.807) is 6.07 Å². The normalized spacial score (nSPS) is 18.5. The molecule has 2 aliphatic rings. The third kappa shape index (κ3) is 5.83. The summed E-state index contributed by atoms with van der Waals surface area (Å²) in [7, 11) is 0. The minimum atomic E-state index is -0.249. The van der Waals surface area contributed by atoms with Crippen LogP contribution in [0.2, 0.25) is 5.02 Å². The molecule has 1 unspecified atom stereocenters. The number of piperazine rings is 1. The highest BCUT2D eigenvalue weighted by atomic mass is 127. The fraction of sp³-hybridized carbons (Fsp3) is 0.440. The van der Waals surface area contributed by atoms with E-state index in [0.29, 0.717) is 24.4 Å². The molecule has 0 saturated carbocycles. The standard InChI is InChI=1S/C25H30ClFIN5O/c1-2-29-23(34)17-21-18-7-5-9-20(27)24(18)25(28)33(30-21)12-6-11-31-13-15-32(16-14-31)22-10-4-3-8-19(22)26/h3-5,7-10,25H,2,6,11-17H2,1H3,(H,29,34). The fourth-order valence-corrected chi connectivity index (χ4v) is 5.81. The Bertz CT molecular complexity index is 1040. The molecule has 182 valence electrons. The van der Waals surface area contributed by atoms with Gasteiger partial charge in [-0.1, -0.05) is 58.5 Å². The monoisotopic (exact) mass is 597 g/mol. The highest BCUT2D eigenvalue weighted by molar-refractivity contribution is 14.1. The Kier molecular flexibility index (Phi) is 8.65. The van der Waals surface area contributed by atoms with Gasteiger partial charge in [0.25, 0.3) is 0 Å². The van der Waals surface area contributed by atoms with Crippen molar-refractivity contribution < 1.29 is 9.18 Å². The number of nitrogens with zero attached hydrogens (tertiary/aromatic N) is 4. The van der Waals surface area contributed by atoms with Gasteiger partial charge >= 0.3 is 0 Å². The zero-order chi connectivity index (χ0) is 24.1. The Morgan fingerprint density at radius 3 is 2.65 bits per heavy atom. The van der Waals surface area contributed by atoms with Gasteiger partial charge in [-0.15, -0.1) is 0 Å². The number of rotatable bonds is 8. The lowest BCUT2D eigenvalue weighted by Crippen LogP contribution is -2.47. The van der Waals surface area contributed by atoms with Crippen LogP contribution in [0.5, 0.6) is 0 Å². The van der Waals surface area contributed by atoms with E-state index in [4.69, 9.17) is 16.7 Å². The lowest BCUT2D eigenvalue weighted by Gasteiger charge is -2.37. The number of nitrogens with one attached hydrogen (secondary N) is 1. The molecule has 6 nitrogen and oxygen atoms in total. The summed E-state index contributed by atoms with van der Waals surface area (Å²) in [4.78, 5) is 17.0. The maximum absolute atomic E-state index is 14.8. The maximum Gasteiger partial charge on any atom is 0.226 e. The largest absolute Gasteiger partial charge is 0.368 e. The number of alkyl halides is 1. The molecule has 1 fully saturated rings. The number of para-hydroxylation sites is 1. The molecular weight excluding hydrogens is 568 g/mol. The summed E-state index contributed by atoms with van der Waals surface area (Å²) in [6, 6.07) is 13.0. The third-order valence-electron chi connectivity index (χ3n) is 6.24. The molecule has 0 radical (unpaired) electrons. The molecule has 0 aromatic heterocycles. The first-order valence-electron chi connectivity index (χ1n) is 11.7. The summed E-state index contributed by atoms with van der Waals surface area (Å²) in [6.07, 6.45) is 1.06. The molecule has 1 saturated heterocycles. The minimum Gasteiger partial charge on any atom is -0.368 e. The zero-order valence-electron chi connectivity index (χ0n) is 19.3. The summed E-state index contributed by atoms with van der Waals surface area (Å²) in [6.45, 7) is 7.92. The van der Waals surface area contributed by atoms with Crippen molar-refractivity contribution in [3.8, 4) is 0 Å². The Balaban J connectivity index is 1.35. The van der Waals surface area contributed by atoms with E-state index in [2.05, 4.69) is 43.8 Å². The average Bonchev–Trinajstić information content (AvgIpc) is 2.83. The van der Waals surface area contributed by atoms with Gasteiger partial charge in [0.05, 0.1) is 22.8 Å². The number of benzene rings is 2. The molecule has 0 bridgehead atoms. The molecule has 1 amide bonds. The SMILES string of the molecule is CCNC(=O)CC1=NN(CCCN2CCN(c3ccccc3Cl)CC2)C(I)c2c(F)cccc21. The van der Waals surface area contributed by atoms with E-state index < -0.39 is 0 Å². The van der Waals surface area contributed by atoms with Crippen LogP contribution in [0.1, 0.15) is 34.9 Å². The summed E-state index contributed by atoms with van der Waals surface area (Å²) in [5.41, 5.74) is 3.07. The van der Waals surface area contributed by atoms with Crippen molar-refractivity contribution in [3.63, 3.8) is 0 Å². The number of amides is 1. The number of hydrazone groups is 1. The van der Waals surface area contributed by atoms with Crippen molar-refractivity contribution in [1.29, 1.82) is 0 Å². The Labute approximate surface area is 219 Å². The molecule has 2 aromatic rings. The maximum atomic E-state index is 14.8. The van der Waals surface area contributed by atoms with Crippen molar-refractivity contribution >= 4 is 51.5 Å². The third-order valence-corrected chi connectivity index (χ3v) is 7.83. The van der Waals surface area contributed by atoms with Crippen molar-refractivity contribution in [3.05, 3.63) is 64.4 Å². The molecule has 9 heteroatoms. The lowest BCUT2D eigenvalue weighted by atomic mass is 9.98. The summed E-state index contributed by atoms with van der Waals surface area (Å²) in [5, 5.41) is 10.3. The minimum absolute atomic E-state index is 0.0975. The van der Waals surface area contributed by atoms with Crippen LogP contribution >= 0.6 is 34.2 Å². The van der Waals surface area contributed by atoms with Crippen LogP contribution in [0.4, 0.5) is 10.1 Å². The predicted octanol–water partition coefficient (Wildman–Crippen LogP) is 4.67. The van der Waals surface area contributed by atoms with Gasteiger partial charge < -0.3 is 10.2 Å². The van der Waals surface area contributed by atoms with Gasteiger partial charge in [0, 0.05) is 56.9 Å². The topological polar surface area (TPSA) is 51.2 Å². The van der Waals surface area contributed by atoms with E-state index in [-0.39, 0.29) is 22.2 Å². The molecule has 0 aliphatic carbocycles. The van der Waals surface area contributed by atoms with Crippen molar-refractivity contribution in [2.75, 3.05) is 50.7 Å². The quantitative estimate of drug-likeness (QED) is 0.273. The van der Waals surface area contributed by atoms with Crippen LogP contribution in [0.15, 0.2) is 47.6 Å². The second-order valence-corrected chi connectivity index (χ2v) is 10.1. The smallest absolute Gasteiger partial charge is 0.226 e. The van der Waals surface area contributed by atoms with E-state index in [1.807, 2.05) is 36.2 Å². The molecule has 1 atom stereocenters. The second kappa shape index (κ2) is 11.7. The molecule has 2 aromatic carbocycles. The van der Waals surface area contributed by atoms with Gasteiger partial charge in [-0.25, -0.2) is 4.39 Å². The molecule has 2 aliphatic heterocycles. The lowest BCUT2D eigenvalue weighted by molar-refractivity contribution is -0.119. The molecule has 2 heterocycles. The number of carbonyl (C=O) groups is 1. The highest BCUT2D eigenvalue weighted by Gasteiger charge is 2.30. The van der Waals surface area contributed by atoms with Gasteiger partial charge in [-0.05, 0) is 31.5 Å². The summed E-state index contributed by atoms with van der Waals surface area (Å²) >= 11 is 8.61. The number of halogens is 3. The van der Waals surface area contributed by atoms with Gasteiger partial charge in [0.1, 0.15) is 9.87 Å². The first-order chi connectivity index (χ1) is 16.5. The molecule has 1 N–H and O–H groups in total. The highest BCUT2D eigenvalue weighted by Crippen LogP contribution is 2.37. The van der Waals surface area contributed by atoms with Crippen LogP contribution in [0.3, 0.4) is 0 Å². The van der Waals surface area contributed by atoms with E-state index in [1.165, 1.54) is 6.07 Å². The van der Waals surface area contributed by atoms with Crippen LogP contribution in [0.25, 0.3) is 0 Å². The van der Waals surface area contributed by atoms with Crippen molar-refractivity contribution in [1.82, 2.24) is 15.2 Å².